The number of fused-ring (bicyclic) bond motifs is 1. The molecule has 1 aliphatic heterocycles. The highest BCUT2D eigenvalue weighted by Crippen LogP contribution is 2.40. The van der Waals surface area contributed by atoms with Crippen molar-refractivity contribution in [1.29, 1.82) is 0 Å². The van der Waals surface area contributed by atoms with E-state index >= 15 is 0 Å². The van der Waals surface area contributed by atoms with Crippen LogP contribution in [0.1, 0.15) is 53.1 Å². The molecule has 0 radical (unpaired) electrons. The van der Waals surface area contributed by atoms with Crippen molar-refractivity contribution < 1.29 is 19.4 Å². The molecular formula is C20H20ClNO4. The molecule has 6 heteroatoms. The van der Waals surface area contributed by atoms with Gasteiger partial charge in [-0.1, -0.05) is 23.7 Å². The highest BCUT2D eigenvalue weighted by molar-refractivity contribution is 6.33. The van der Waals surface area contributed by atoms with Crippen LogP contribution in [0.2, 0.25) is 5.02 Å². The Balaban J connectivity index is 2.02. The molecule has 2 aromatic rings. The minimum Gasteiger partial charge on any atom is -0.485 e. The Morgan fingerprint density at radius 2 is 1.88 bits per heavy atom. The third-order valence-electron chi connectivity index (χ3n) is 4.56. The number of ketones is 1. The smallest absolute Gasteiger partial charge is 0.253 e. The number of carbonyl (C=O) groups is 2. The summed E-state index contributed by atoms with van der Waals surface area (Å²) in [6, 6.07) is 11.0. The third-order valence-corrected chi connectivity index (χ3v) is 4.89. The molecule has 0 aromatic heterocycles. The molecule has 2 aromatic carbocycles. The number of carbonyl (C=O) groups excluding carboxylic acids is 2. The van der Waals surface area contributed by atoms with Crippen LogP contribution in [0.4, 0.5) is 0 Å². The molecule has 0 aliphatic carbocycles. The molecule has 0 saturated carbocycles. The second-order valence-electron chi connectivity index (χ2n) is 6.89. The average Bonchev–Trinajstić information content (AvgIpc) is 2.58. The van der Waals surface area contributed by atoms with Crippen LogP contribution in [0.5, 0.6) is 5.75 Å². The Labute approximate surface area is 156 Å². The fourth-order valence-electron chi connectivity index (χ4n) is 3.04. The zero-order valence-corrected chi connectivity index (χ0v) is 15.5. The van der Waals surface area contributed by atoms with Gasteiger partial charge in [0.2, 0.25) is 0 Å². The Hall–Kier alpha value is -2.37. The van der Waals surface area contributed by atoms with E-state index in [1.807, 2.05) is 0 Å². The molecule has 5 nitrogen and oxygen atoms in total. The van der Waals surface area contributed by atoms with Gasteiger partial charge in [0.25, 0.3) is 5.91 Å². The van der Waals surface area contributed by atoms with E-state index < -0.39 is 23.7 Å². The first-order valence-corrected chi connectivity index (χ1v) is 8.66. The van der Waals surface area contributed by atoms with E-state index in [-0.39, 0.29) is 5.78 Å². The zero-order chi connectivity index (χ0) is 19.1. The molecule has 2 N–H and O–H groups in total. The van der Waals surface area contributed by atoms with Gasteiger partial charge in [-0.15, -0.1) is 0 Å². The summed E-state index contributed by atoms with van der Waals surface area (Å²) in [4.78, 5) is 24.4. The molecule has 0 unspecified atom stereocenters. The van der Waals surface area contributed by atoms with Crippen molar-refractivity contribution in [1.82, 2.24) is 5.32 Å². The molecule has 0 saturated heterocycles. The van der Waals surface area contributed by atoms with Crippen LogP contribution in [0.25, 0.3) is 0 Å². The standard InChI is InChI=1S/C20H20ClNO4/c1-11(23)12-8-9-16-14(10-12)17(18(24)20(2,3)26-16)22-19(25)13-6-4-5-7-15(13)21/h4-10,17-18,24H,1-3H3,(H,22,25)/t17-,18+/m1/s1. The number of halogens is 1. The zero-order valence-electron chi connectivity index (χ0n) is 14.7. The monoisotopic (exact) mass is 373 g/mol. The van der Waals surface area contributed by atoms with Gasteiger partial charge in [-0.25, -0.2) is 0 Å². The van der Waals surface area contributed by atoms with Gasteiger partial charge in [0.1, 0.15) is 17.5 Å². The summed E-state index contributed by atoms with van der Waals surface area (Å²) >= 11 is 6.10. The maximum Gasteiger partial charge on any atom is 0.253 e. The van der Waals surface area contributed by atoms with Crippen LogP contribution in [-0.4, -0.2) is 28.5 Å². The number of hydrogen-bond donors (Lipinski definition) is 2. The summed E-state index contributed by atoms with van der Waals surface area (Å²) in [7, 11) is 0. The third kappa shape index (κ3) is 3.32. The van der Waals surface area contributed by atoms with Gasteiger partial charge in [-0.2, -0.15) is 0 Å². The maximum atomic E-state index is 12.7. The lowest BCUT2D eigenvalue weighted by Gasteiger charge is -2.42. The first kappa shape index (κ1) is 18.4. The van der Waals surface area contributed by atoms with Crippen molar-refractivity contribution in [2.75, 3.05) is 0 Å². The first-order chi connectivity index (χ1) is 12.2. The number of amides is 1. The van der Waals surface area contributed by atoms with Gasteiger partial charge in [0.05, 0.1) is 16.6 Å². The minimum absolute atomic E-state index is 0.108. The van der Waals surface area contributed by atoms with Crippen LogP contribution < -0.4 is 10.1 Å². The normalized spacial score (nSPS) is 20.7. The summed E-state index contributed by atoms with van der Waals surface area (Å²) in [5, 5.41) is 13.9. The van der Waals surface area contributed by atoms with Crippen LogP contribution in [0.15, 0.2) is 42.5 Å². The number of nitrogens with one attached hydrogen (secondary N) is 1. The quantitative estimate of drug-likeness (QED) is 0.807. The Kier molecular flexibility index (Phi) is 4.78. The van der Waals surface area contributed by atoms with Crippen LogP contribution in [0.3, 0.4) is 0 Å². The van der Waals surface area contributed by atoms with Gasteiger partial charge in [-0.05, 0) is 51.1 Å². The second-order valence-corrected chi connectivity index (χ2v) is 7.30. The number of benzene rings is 2. The van der Waals surface area contributed by atoms with Gasteiger partial charge in [0.15, 0.2) is 5.78 Å². The highest BCUT2D eigenvalue weighted by atomic mass is 35.5. The summed E-state index contributed by atoms with van der Waals surface area (Å²) in [5.41, 5.74) is 0.444. The predicted molar refractivity (Wildman–Crippen MR) is 98.8 cm³/mol. The lowest BCUT2D eigenvalue weighted by atomic mass is 9.85. The van der Waals surface area contributed by atoms with Crippen molar-refractivity contribution in [3.05, 3.63) is 64.2 Å². The fraction of sp³-hybridized carbons (Fsp3) is 0.300. The summed E-state index contributed by atoms with van der Waals surface area (Å²) < 4.78 is 5.87. The number of hydrogen-bond acceptors (Lipinski definition) is 4. The summed E-state index contributed by atoms with van der Waals surface area (Å²) in [6.07, 6.45) is -1.01. The fourth-order valence-corrected chi connectivity index (χ4v) is 3.26. The van der Waals surface area contributed by atoms with Crippen molar-refractivity contribution in [2.45, 2.75) is 38.5 Å². The number of rotatable bonds is 3. The predicted octanol–water partition coefficient (Wildman–Crippen LogP) is 3.55. The van der Waals surface area contributed by atoms with E-state index in [0.29, 0.717) is 27.5 Å². The van der Waals surface area contributed by atoms with Crippen molar-refractivity contribution in [3.63, 3.8) is 0 Å². The van der Waals surface area contributed by atoms with Crippen LogP contribution >= 0.6 is 11.6 Å². The highest BCUT2D eigenvalue weighted by Gasteiger charge is 2.43. The van der Waals surface area contributed by atoms with E-state index in [4.69, 9.17) is 16.3 Å². The van der Waals surface area contributed by atoms with Crippen molar-refractivity contribution >= 4 is 23.3 Å². The topological polar surface area (TPSA) is 75.6 Å². The lowest BCUT2D eigenvalue weighted by molar-refractivity contribution is -0.0627. The average molecular weight is 374 g/mol. The van der Waals surface area contributed by atoms with Crippen molar-refractivity contribution in [3.8, 4) is 5.75 Å². The Morgan fingerprint density at radius 1 is 1.19 bits per heavy atom. The molecule has 1 aliphatic rings. The Morgan fingerprint density at radius 3 is 2.54 bits per heavy atom. The number of ether oxygens (including phenoxy) is 1. The van der Waals surface area contributed by atoms with Crippen molar-refractivity contribution in [2.24, 2.45) is 0 Å². The van der Waals surface area contributed by atoms with E-state index in [2.05, 4.69) is 5.32 Å². The second kappa shape index (κ2) is 6.74. The molecule has 136 valence electrons. The molecule has 0 spiro atoms. The van der Waals surface area contributed by atoms with E-state index in [1.54, 1.807) is 56.3 Å². The molecule has 26 heavy (non-hydrogen) atoms. The summed E-state index contributed by atoms with van der Waals surface area (Å²) in [6.45, 7) is 4.95. The molecule has 2 atom stereocenters. The lowest BCUT2D eigenvalue weighted by Crippen LogP contribution is -2.53. The van der Waals surface area contributed by atoms with Crippen LogP contribution in [0, 0.1) is 0 Å². The molecule has 3 rings (SSSR count). The molecule has 0 bridgehead atoms. The van der Waals surface area contributed by atoms with E-state index in [0.717, 1.165) is 0 Å². The minimum atomic E-state index is -1.01. The molecule has 1 amide bonds. The summed E-state index contributed by atoms with van der Waals surface area (Å²) in [5.74, 6) is 0.00888. The number of aliphatic hydroxyl groups is 1. The maximum absolute atomic E-state index is 12.7. The van der Waals surface area contributed by atoms with Gasteiger partial charge < -0.3 is 15.2 Å². The molecular weight excluding hydrogens is 354 g/mol. The van der Waals surface area contributed by atoms with E-state index in [1.165, 1.54) is 6.92 Å². The largest absolute Gasteiger partial charge is 0.485 e. The van der Waals surface area contributed by atoms with E-state index in [9.17, 15) is 14.7 Å². The molecule has 1 heterocycles. The Bertz CT molecular complexity index is 878. The first-order valence-electron chi connectivity index (χ1n) is 8.28. The van der Waals surface area contributed by atoms with Gasteiger partial charge in [-0.3, -0.25) is 9.59 Å². The van der Waals surface area contributed by atoms with Crippen LogP contribution in [-0.2, 0) is 0 Å². The van der Waals surface area contributed by atoms with Gasteiger partial charge >= 0.3 is 0 Å². The SMILES string of the molecule is CC(=O)c1ccc2c(c1)[C@@H](NC(=O)c1ccccc1Cl)[C@H](O)C(C)(C)O2. The number of Topliss-reactive ketones (excluding diaryl/α,β-unsaturated/α-hetero) is 1. The number of aliphatic hydroxyl groups excluding tert-OH is 1. The molecule has 0 fully saturated rings. The van der Waals surface area contributed by atoms with Gasteiger partial charge in [0, 0.05) is 11.1 Å².